The second-order valence-corrected chi connectivity index (χ2v) is 8.51. The van der Waals surface area contributed by atoms with Gasteiger partial charge in [0.15, 0.2) is 5.78 Å². The molecule has 0 aromatic heterocycles. The Labute approximate surface area is 179 Å². The fraction of sp³-hybridized carbons (Fsp3) is 0.810. The summed E-state index contributed by atoms with van der Waals surface area (Å²) in [5.41, 5.74) is 4.59. The molecule has 0 spiro atoms. The molecule has 4 N–H and O–H groups in total. The smallest absolute Gasteiger partial charge is 0.245 e. The standard InChI is InChI=1S/C21H38N4O5/c1-5-6-7-9-16(13-19(27)24-30)21(29)25-18(10-8-11-22-25)20(28)23-17(15(4)26)12-14(2)3/h14,16-18,22,30H,5-13H2,1-4H3,(H,23,28)(H,24,27)/t16-,17?,18?/m1/s1. The van der Waals surface area contributed by atoms with Crippen LogP contribution < -0.4 is 16.2 Å². The van der Waals surface area contributed by atoms with Gasteiger partial charge in [0.25, 0.3) is 0 Å². The molecule has 0 aromatic carbocycles. The first kappa shape index (κ1) is 26.0. The summed E-state index contributed by atoms with van der Waals surface area (Å²) in [6, 6.07) is -1.33. The summed E-state index contributed by atoms with van der Waals surface area (Å²) in [7, 11) is 0. The number of hydroxylamine groups is 1. The highest BCUT2D eigenvalue weighted by Gasteiger charge is 2.37. The molecule has 1 aliphatic rings. The molecule has 30 heavy (non-hydrogen) atoms. The normalized spacial score (nSPS) is 18.6. The summed E-state index contributed by atoms with van der Waals surface area (Å²) >= 11 is 0. The first-order valence-corrected chi connectivity index (χ1v) is 11.0. The maximum absolute atomic E-state index is 13.2. The van der Waals surface area contributed by atoms with Gasteiger partial charge >= 0.3 is 0 Å². The van der Waals surface area contributed by atoms with Gasteiger partial charge in [-0.25, -0.2) is 10.9 Å². The van der Waals surface area contributed by atoms with Crippen molar-refractivity contribution in [1.29, 1.82) is 0 Å². The molecule has 9 heteroatoms. The largest absolute Gasteiger partial charge is 0.344 e. The Kier molecular flexibility index (Phi) is 11.6. The SMILES string of the molecule is CCCCC[C@H](CC(=O)NO)C(=O)N1NCCCC1C(=O)NC(CC(C)C)C(C)=O. The van der Waals surface area contributed by atoms with E-state index in [4.69, 9.17) is 5.21 Å². The van der Waals surface area contributed by atoms with Crippen molar-refractivity contribution in [3.05, 3.63) is 0 Å². The summed E-state index contributed by atoms with van der Waals surface area (Å²) < 4.78 is 0. The third-order valence-electron chi connectivity index (χ3n) is 5.36. The summed E-state index contributed by atoms with van der Waals surface area (Å²) in [5, 5.41) is 13.0. The van der Waals surface area contributed by atoms with Gasteiger partial charge in [0.05, 0.1) is 6.04 Å². The Bertz CT molecular complexity index is 596. The number of nitrogens with zero attached hydrogens (tertiary/aromatic N) is 1. The number of hydrogen-bond acceptors (Lipinski definition) is 6. The zero-order valence-corrected chi connectivity index (χ0v) is 18.7. The Hall–Kier alpha value is -2.00. The topological polar surface area (TPSA) is 128 Å². The van der Waals surface area contributed by atoms with E-state index in [1.165, 1.54) is 11.9 Å². The van der Waals surface area contributed by atoms with Gasteiger partial charge in [0.2, 0.25) is 17.7 Å². The lowest BCUT2D eigenvalue weighted by Crippen LogP contribution is -2.61. The highest BCUT2D eigenvalue weighted by molar-refractivity contribution is 5.93. The zero-order chi connectivity index (χ0) is 22.7. The number of carbonyl (C=O) groups is 4. The van der Waals surface area contributed by atoms with E-state index in [2.05, 4.69) is 10.7 Å². The van der Waals surface area contributed by atoms with Crippen LogP contribution in [0.5, 0.6) is 0 Å². The minimum Gasteiger partial charge on any atom is -0.344 e. The van der Waals surface area contributed by atoms with E-state index in [-0.39, 0.29) is 29.9 Å². The number of ketones is 1. The van der Waals surface area contributed by atoms with Gasteiger partial charge < -0.3 is 5.32 Å². The molecule has 172 valence electrons. The minimum atomic E-state index is -0.744. The lowest BCUT2D eigenvalue weighted by molar-refractivity contribution is -0.152. The summed E-state index contributed by atoms with van der Waals surface area (Å²) in [5.74, 6) is -1.84. The van der Waals surface area contributed by atoms with E-state index < -0.39 is 23.9 Å². The van der Waals surface area contributed by atoms with Crippen LogP contribution in [0.3, 0.4) is 0 Å². The van der Waals surface area contributed by atoms with Crippen LogP contribution in [0.15, 0.2) is 0 Å². The maximum atomic E-state index is 13.2. The van der Waals surface area contributed by atoms with Crippen LogP contribution in [0.4, 0.5) is 0 Å². The average molecular weight is 427 g/mol. The van der Waals surface area contributed by atoms with Crippen molar-refractivity contribution in [3.63, 3.8) is 0 Å². The zero-order valence-electron chi connectivity index (χ0n) is 18.7. The number of Topliss-reactive ketones (excluding diaryl/α,β-unsaturated/α-hetero) is 1. The predicted octanol–water partition coefficient (Wildman–Crippen LogP) is 1.69. The van der Waals surface area contributed by atoms with Crippen LogP contribution in [0.2, 0.25) is 0 Å². The van der Waals surface area contributed by atoms with Crippen LogP contribution in [0.25, 0.3) is 0 Å². The Morgan fingerprint density at radius 1 is 1.20 bits per heavy atom. The van der Waals surface area contributed by atoms with Crippen molar-refractivity contribution in [1.82, 2.24) is 21.2 Å². The second kappa shape index (κ2) is 13.3. The van der Waals surface area contributed by atoms with E-state index in [0.29, 0.717) is 32.2 Å². The summed E-state index contributed by atoms with van der Waals surface area (Å²) in [6.45, 7) is 8.00. The maximum Gasteiger partial charge on any atom is 0.245 e. The lowest BCUT2D eigenvalue weighted by Gasteiger charge is -2.37. The van der Waals surface area contributed by atoms with Gasteiger partial charge in [-0.3, -0.25) is 29.4 Å². The molecule has 0 aromatic rings. The van der Waals surface area contributed by atoms with Gasteiger partial charge in [-0.05, 0) is 38.5 Å². The second-order valence-electron chi connectivity index (χ2n) is 8.51. The minimum absolute atomic E-state index is 0.115. The fourth-order valence-electron chi connectivity index (χ4n) is 3.70. The molecular formula is C21H38N4O5. The first-order valence-electron chi connectivity index (χ1n) is 11.0. The van der Waals surface area contributed by atoms with Crippen LogP contribution >= 0.6 is 0 Å². The summed E-state index contributed by atoms with van der Waals surface area (Å²) in [4.78, 5) is 49.8. The van der Waals surface area contributed by atoms with Gasteiger partial charge in [-0.15, -0.1) is 0 Å². The highest BCUT2D eigenvalue weighted by Crippen LogP contribution is 2.21. The van der Waals surface area contributed by atoms with E-state index >= 15 is 0 Å². The van der Waals surface area contributed by atoms with Gasteiger partial charge in [0.1, 0.15) is 6.04 Å². The number of nitrogens with one attached hydrogen (secondary N) is 3. The van der Waals surface area contributed by atoms with E-state index in [1.807, 2.05) is 20.8 Å². The molecule has 1 fully saturated rings. The monoisotopic (exact) mass is 426 g/mol. The molecule has 0 radical (unpaired) electrons. The number of carbonyl (C=O) groups excluding carboxylic acids is 4. The molecule has 1 saturated heterocycles. The van der Waals surface area contributed by atoms with Crippen molar-refractivity contribution in [2.24, 2.45) is 11.8 Å². The third kappa shape index (κ3) is 8.39. The Balaban J connectivity index is 2.94. The fourth-order valence-corrected chi connectivity index (χ4v) is 3.70. The Morgan fingerprint density at radius 2 is 1.90 bits per heavy atom. The number of amides is 3. The van der Waals surface area contributed by atoms with Crippen LogP contribution in [-0.4, -0.2) is 52.3 Å². The van der Waals surface area contributed by atoms with Crippen LogP contribution in [0, 0.1) is 11.8 Å². The van der Waals surface area contributed by atoms with Gasteiger partial charge in [-0.2, -0.15) is 0 Å². The molecule has 0 saturated carbocycles. The molecule has 0 bridgehead atoms. The van der Waals surface area contributed by atoms with Crippen molar-refractivity contribution >= 4 is 23.5 Å². The van der Waals surface area contributed by atoms with Crippen LogP contribution in [-0.2, 0) is 19.2 Å². The number of unbranched alkanes of at least 4 members (excludes halogenated alkanes) is 2. The number of rotatable bonds is 12. The number of hydrogen-bond donors (Lipinski definition) is 4. The van der Waals surface area contributed by atoms with Crippen molar-refractivity contribution < 1.29 is 24.4 Å². The van der Waals surface area contributed by atoms with Crippen molar-refractivity contribution in [2.45, 2.75) is 91.1 Å². The van der Waals surface area contributed by atoms with Crippen molar-refractivity contribution in [2.75, 3.05) is 6.54 Å². The van der Waals surface area contributed by atoms with E-state index in [9.17, 15) is 19.2 Å². The van der Waals surface area contributed by atoms with Gasteiger partial charge in [0, 0.05) is 18.9 Å². The van der Waals surface area contributed by atoms with Gasteiger partial charge in [-0.1, -0.05) is 40.0 Å². The highest BCUT2D eigenvalue weighted by atomic mass is 16.5. The molecular weight excluding hydrogens is 388 g/mol. The van der Waals surface area contributed by atoms with E-state index in [0.717, 1.165) is 19.3 Å². The average Bonchev–Trinajstić information content (AvgIpc) is 2.71. The van der Waals surface area contributed by atoms with Crippen molar-refractivity contribution in [3.8, 4) is 0 Å². The van der Waals surface area contributed by atoms with E-state index in [1.54, 1.807) is 5.48 Å². The van der Waals surface area contributed by atoms with Crippen LogP contribution in [0.1, 0.15) is 79.1 Å². The molecule has 3 amide bonds. The summed E-state index contributed by atoms with van der Waals surface area (Å²) in [6.07, 6.45) is 4.76. The molecule has 9 nitrogen and oxygen atoms in total. The number of hydrazine groups is 1. The molecule has 1 rings (SSSR count). The predicted molar refractivity (Wildman–Crippen MR) is 112 cm³/mol. The molecule has 0 aliphatic carbocycles. The lowest BCUT2D eigenvalue weighted by atomic mass is 9.94. The molecule has 3 atom stereocenters. The quantitative estimate of drug-likeness (QED) is 0.214. The Morgan fingerprint density at radius 3 is 2.47 bits per heavy atom. The molecule has 1 heterocycles. The molecule has 1 aliphatic heterocycles. The molecule has 2 unspecified atom stereocenters. The third-order valence-corrected chi connectivity index (χ3v) is 5.36. The first-order chi connectivity index (χ1) is 14.2.